The Morgan fingerprint density at radius 2 is 0.905 bits per heavy atom. The van der Waals surface area contributed by atoms with Crippen LogP contribution >= 0.6 is 69.3 Å². The molecule has 308 valence electrons. The third-order valence-electron chi connectivity index (χ3n) is 11.4. The van der Waals surface area contributed by atoms with E-state index >= 15 is 0 Å². The lowest BCUT2D eigenvalue weighted by Crippen LogP contribution is -2.37. The van der Waals surface area contributed by atoms with Crippen molar-refractivity contribution in [2.75, 3.05) is 23.9 Å². The minimum absolute atomic E-state index is 0.299. The van der Waals surface area contributed by atoms with Crippen molar-refractivity contribution in [2.24, 2.45) is 5.41 Å². The van der Waals surface area contributed by atoms with E-state index in [1.807, 2.05) is 87.5 Å². The highest BCUT2D eigenvalue weighted by Crippen LogP contribution is 2.47. The number of thiophene rings is 3. The smallest absolute Gasteiger partial charge is 0.335 e. The number of benzene rings is 8. The first-order chi connectivity index (χ1) is 31.0. The van der Waals surface area contributed by atoms with E-state index in [4.69, 9.17) is 9.47 Å². The van der Waals surface area contributed by atoms with Crippen LogP contribution < -0.4 is 9.47 Å². The topological polar surface area (TPSA) is 35.5 Å². The molecule has 0 N–H and O–H groups in total. The van der Waals surface area contributed by atoms with E-state index in [0.29, 0.717) is 12.4 Å². The van der Waals surface area contributed by atoms with Crippen LogP contribution in [0, 0.1) is 5.41 Å². The summed E-state index contributed by atoms with van der Waals surface area (Å²) in [6.07, 6.45) is 1.18. The molecule has 9 heteroatoms. The molecule has 0 aliphatic heterocycles. The van der Waals surface area contributed by atoms with E-state index in [-0.39, 0.29) is 5.41 Å². The molecule has 11 rings (SSSR count). The molecule has 0 saturated heterocycles. The van der Waals surface area contributed by atoms with Crippen LogP contribution in [0.3, 0.4) is 0 Å². The predicted octanol–water partition coefficient (Wildman–Crippen LogP) is 16.8. The summed E-state index contributed by atoms with van der Waals surface area (Å²) >= 11 is 11.5. The quantitative estimate of drug-likeness (QED) is 0.0468. The van der Waals surface area contributed by atoms with Gasteiger partial charge in [0.15, 0.2) is 0 Å². The lowest BCUT2D eigenvalue weighted by Gasteiger charge is -2.33. The number of hydrogen-bond donors (Lipinski definition) is 0. The second-order valence-corrected chi connectivity index (χ2v) is 21.9. The standard InChI is InChI=1S/C54H38O3S6/c1-2-50(55)57-37-27-25-34-24-26-36(28-35(34)29-37)56-30-54(31-58-47-21-9-15-41-38-12-3-6-18-44(38)61-51(41)47,32-59-48-22-10-16-42-39-13-4-7-19-45(39)62-52(42)48)33-60-49-23-11-17-43-40-14-5-8-20-46(40)63-53(43)49/h2-29H,1,30-33H2. The van der Waals surface area contributed by atoms with Crippen molar-refractivity contribution in [1.82, 2.24) is 0 Å². The van der Waals surface area contributed by atoms with Crippen LogP contribution in [0.2, 0.25) is 0 Å². The molecule has 3 aromatic heterocycles. The molecule has 0 aliphatic carbocycles. The average Bonchev–Trinajstić information content (AvgIpc) is 4.03. The number of thioether (sulfide) groups is 3. The SMILES string of the molecule is C=CC(=O)Oc1ccc2ccc(OCC(CSc3cccc4c3sc3ccccc34)(CSc3cccc4c3sc3ccccc34)CSc3cccc4c3sc3ccccc34)cc2c1. The lowest BCUT2D eigenvalue weighted by molar-refractivity contribution is -0.128. The Bertz CT molecular complexity index is 3240. The van der Waals surface area contributed by atoms with Gasteiger partial charge in [0.2, 0.25) is 0 Å². The van der Waals surface area contributed by atoms with Crippen molar-refractivity contribution in [3.8, 4) is 11.5 Å². The summed E-state index contributed by atoms with van der Waals surface area (Å²) in [5.74, 6) is 3.32. The first kappa shape index (κ1) is 40.5. The number of rotatable bonds is 14. The van der Waals surface area contributed by atoms with Gasteiger partial charge in [0, 0.05) is 104 Å². The van der Waals surface area contributed by atoms with E-state index in [1.165, 1.54) is 81.3 Å². The molecule has 8 aromatic carbocycles. The van der Waals surface area contributed by atoms with Crippen molar-refractivity contribution in [3.05, 3.63) is 176 Å². The summed E-state index contributed by atoms with van der Waals surface area (Å²) in [4.78, 5) is 16.0. The third kappa shape index (κ3) is 8.00. The molecule has 0 aliphatic rings. The molecule has 0 spiro atoms. The van der Waals surface area contributed by atoms with Crippen LogP contribution in [0.5, 0.6) is 11.5 Å². The Balaban J connectivity index is 0.999. The molecule has 11 aromatic rings. The minimum atomic E-state index is -0.483. The van der Waals surface area contributed by atoms with E-state index < -0.39 is 5.97 Å². The van der Waals surface area contributed by atoms with E-state index in [1.54, 1.807) is 0 Å². The molecule has 0 amide bonds. The summed E-state index contributed by atoms with van der Waals surface area (Å²) in [5.41, 5.74) is -0.299. The maximum absolute atomic E-state index is 12.1. The van der Waals surface area contributed by atoms with E-state index in [9.17, 15) is 4.79 Å². The highest BCUT2D eigenvalue weighted by atomic mass is 32.2. The van der Waals surface area contributed by atoms with Gasteiger partial charge >= 0.3 is 5.97 Å². The van der Waals surface area contributed by atoms with Gasteiger partial charge in [-0.2, -0.15) is 0 Å². The fourth-order valence-corrected chi connectivity index (χ4v) is 16.3. The largest absolute Gasteiger partial charge is 0.493 e. The summed E-state index contributed by atoms with van der Waals surface area (Å²) in [7, 11) is 0. The van der Waals surface area contributed by atoms with Gasteiger partial charge in [-0.1, -0.05) is 110 Å². The minimum Gasteiger partial charge on any atom is -0.493 e. The number of carbonyl (C=O) groups is 1. The van der Waals surface area contributed by atoms with Crippen LogP contribution in [-0.4, -0.2) is 29.8 Å². The Hall–Kier alpha value is -5.26. The highest BCUT2D eigenvalue weighted by Gasteiger charge is 2.34. The molecule has 0 bridgehead atoms. The van der Waals surface area contributed by atoms with Gasteiger partial charge in [-0.25, -0.2) is 4.79 Å². The van der Waals surface area contributed by atoms with Gasteiger partial charge in [0.05, 0.1) is 6.61 Å². The Labute approximate surface area is 389 Å². The number of ether oxygens (including phenoxy) is 2. The maximum Gasteiger partial charge on any atom is 0.335 e. The van der Waals surface area contributed by atoms with Crippen LogP contribution in [0.15, 0.2) is 191 Å². The zero-order chi connectivity index (χ0) is 42.3. The molecule has 0 radical (unpaired) electrons. The fourth-order valence-electron chi connectivity index (χ4n) is 8.20. The summed E-state index contributed by atoms with van der Waals surface area (Å²) in [6.45, 7) is 4.06. The van der Waals surface area contributed by atoms with Crippen molar-refractivity contribution in [3.63, 3.8) is 0 Å². The average molecular weight is 927 g/mol. The van der Waals surface area contributed by atoms with Gasteiger partial charge in [-0.15, -0.1) is 69.3 Å². The zero-order valence-corrected chi connectivity index (χ0v) is 38.8. The van der Waals surface area contributed by atoms with Crippen LogP contribution in [0.1, 0.15) is 0 Å². The molecule has 3 nitrogen and oxygen atoms in total. The zero-order valence-electron chi connectivity index (χ0n) is 33.9. The monoisotopic (exact) mass is 926 g/mol. The lowest BCUT2D eigenvalue weighted by atomic mass is 9.97. The molecular formula is C54H38O3S6. The third-order valence-corrected chi connectivity index (χ3v) is 19.7. The number of carbonyl (C=O) groups excluding carboxylic acids is 1. The molecule has 0 fully saturated rings. The second-order valence-electron chi connectivity index (χ2n) is 15.6. The van der Waals surface area contributed by atoms with Gasteiger partial charge in [0.25, 0.3) is 0 Å². The summed E-state index contributed by atoms with van der Waals surface area (Å²) in [6, 6.07) is 58.5. The number of hydrogen-bond acceptors (Lipinski definition) is 9. The van der Waals surface area contributed by atoms with Crippen molar-refractivity contribution < 1.29 is 14.3 Å². The Morgan fingerprint density at radius 1 is 0.492 bits per heavy atom. The summed E-state index contributed by atoms with van der Waals surface area (Å²) in [5, 5.41) is 9.86. The van der Waals surface area contributed by atoms with Gasteiger partial charge in [-0.05, 0) is 71.4 Å². The second kappa shape index (κ2) is 17.4. The first-order valence-electron chi connectivity index (χ1n) is 20.6. The van der Waals surface area contributed by atoms with Crippen LogP contribution in [0.4, 0.5) is 0 Å². The first-order valence-corrected chi connectivity index (χ1v) is 26.0. The van der Waals surface area contributed by atoms with Gasteiger partial charge < -0.3 is 9.47 Å². The van der Waals surface area contributed by atoms with Crippen molar-refractivity contribution in [1.29, 1.82) is 0 Å². The van der Waals surface area contributed by atoms with Crippen LogP contribution in [-0.2, 0) is 4.79 Å². The molecule has 0 saturated carbocycles. The Morgan fingerprint density at radius 3 is 1.37 bits per heavy atom. The molecule has 0 unspecified atom stereocenters. The molecule has 0 atom stereocenters. The summed E-state index contributed by atoms with van der Waals surface area (Å²) < 4.78 is 20.5. The maximum atomic E-state index is 12.1. The van der Waals surface area contributed by atoms with Crippen molar-refractivity contribution >= 4 is 147 Å². The highest BCUT2D eigenvalue weighted by molar-refractivity contribution is 8.01. The predicted molar refractivity (Wildman–Crippen MR) is 278 cm³/mol. The number of fused-ring (bicyclic) bond motifs is 10. The van der Waals surface area contributed by atoms with Crippen molar-refractivity contribution in [2.45, 2.75) is 14.7 Å². The van der Waals surface area contributed by atoms with Crippen LogP contribution in [0.25, 0.3) is 71.3 Å². The molecular weight excluding hydrogens is 889 g/mol. The van der Waals surface area contributed by atoms with Gasteiger partial charge in [0.1, 0.15) is 11.5 Å². The van der Waals surface area contributed by atoms with E-state index in [2.05, 4.69) is 152 Å². The molecule has 63 heavy (non-hydrogen) atoms. The normalized spacial score (nSPS) is 12.1. The van der Waals surface area contributed by atoms with E-state index in [0.717, 1.165) is 33.8 Å². The Kier molecular flexibility index (Phi) is 11.2. The molecule has 3 heterocycles. The fraction of sp³-hybridized carbons (Fsp3) is 0.0926. The number of esters is 1. The van der Waals surface area contributed by atoms with Gasteiger partial charge in [-0.3, -0.25) is 0 Å².